The van der Waals surface area contributed by atoms with Crippen LogP contribution in [-0.2, 0) is 0 Å². The van der Waals surface area contributed by atoms with E-state index in [9.17, 15) is 4.79 Å². The lowest BCUT2D eigenvalue weighted by atomic mass is 10.1. The van der Waals surface area contributed by atoms with Crippen LogP contribution in [0.4, 0.5) is 0 Å². The van der Waals surface area contributed by atoms with Crippen molar-refractivity contribution in [2.45, 2.75) is 45.2 Å². The zero-order valence-corrected chi connectivity index (χ0v) is 24.9. The fourth-order valence-electron chi connectivity index (χ4n) is 3.56. The predicted molar refractivity (Wildman–Crippen MR) is 159 cm³/mol. The minimum atomic E-state index is 0.0738. The van der Waals surface area contributed by atoms with E-state index in [1.54, 1.807) is 13.3 Å². The number of rotatable bonds is 15. The second-order valence-electron chi connectivity index (χ2n) is 8.18. The topological polar surface area (TPSA) is 86.4 Å². The number of unbranched alkanes of at least 4 members (excludes halogenated alkanes) is 2. The van der Waals surface area contributed by atoms with Crippen LogP contribution in [0.2, 0.25) is 0 Å². The molecule has 0 bridgehead atoms. The minimum Gasteiger partial charge on any atom is -0.496 e. The molecule has 2 atom stereocenters. The number of amides is 1. The van der Waals surface area contributed by atoms with E-state index >= 15 is 0 Å². The maximum absolute atomic E-state index is 13.1. The maximum atomic E-state index is 13.1. The SMILES string of the molecule is COc1cc(OCCCCCOc2ccc(C(=O)N(C(C)CI)C(C)CI)cc2)ccc1C=NN. The maximum Gasteiger partial charge on any atom is 0.254 e. The number of alkyl halides is 2. The molecule has 0 heterocycles. The first-order chi connectivity index (χ1) is 16.9. The van der Waals surface area contributed by atoms with Gasteiger partial charge in [-0.1, -0.05) is 45.2 Å². The molecule has 0 aliphatic rings. The van der Waals surface area contributed by atoms with E-state index in [2.05, 4.69) is 64.1 Å². The van der Waals surface area contributed by atoms with E-state index in [4.69, 9.17) is 20.1 Å². The second-order valence-corrected chi connectivity index (χ2v) is 9.94. The summed E-state index contributed by atoms with van der Waals surface area (Å²) in [6.45, 7) is 5.44. The normalized spacial score (nSPS) is 12.8. The number of nitrogens with two attached hydrogens (primary N) is 1. The molecule has 0 radical (unpaired) electrons. The predicted octanol–water partition coefficient (Wildman–Crippen LogP) is 5.71. The van der Waals surface area contributed by atoms with Crippen molar-refractivity contribution in [3.8, 4) is 17.2 Å². The second kappa shape index (κ2) is 16.1. The van der Waals surface area contributed by atoms with Gasteiger partial charge in [0.2, 0.25) is 0 Å². The van der Waals surface area contributed by atoms with Crippen LogP contribution in [-0.4, -0.2) is 58.3 Å². The first kappa shape index (κ1) is 29.5. The van der Waals surface area contributed by atoms with Crippen LogP contribution in [0, 0.1) is 0 Å². The fraction of sp³-hybridized carbons (Fsp3) is 0.462. The van der Waals surface area contributed by atoms with Gasteiger partial charge in [-0.3, -0.25) is 4.79 Å². The zero-order valence-electron chi connectivity index (χ0n) is 20.6. The number of hydrogen-bond donors (Lipinski definition) is 1. The Bertz CT molecular complexity index is 931. The van der Waals surface area contributed by atoms with Gasteiger partial charge >= 0.3 is 0 Å². The number of nitrogens with zero attached hydrogens (tertiary/aromatic N) is 2. The molecule has 0 saturated carbocycles. The van der Waals surface area contributed by atoms with Crippen molar-refractivity contribution >= 4 is 57.3 Å². The molecule has 192 valence electrons. The van der Waals surface area contributed by atoms with E-state index in [-0.39, 0.29) is 18.0 Å². The number of carbonyl (C=O) groups is 1. The van der Waals surface area contributed by atoms with Crippen molar-refractivity contribution in [1.82, 2.24) is 4.90 Å². The van der Waals surface area contributed by atoms with Gasteiger partial charge in [-0.25, -0.2) is 0 Å². The molecular formula is C26H35I2N3O4. The molecule has 0 aromatic heterocycles. The monoisotopic (exact) mass is 707 g/mol. The molecule has 9 heteroatoms. The number of carbonyl (C=O) groups excluding carboxylic acids is 1. The van der Waals surface area contributed by atoms with Crippen LogP contribution < -0.4 is 20.1 Å². The summed E-state index contributed by atoms with van der Waals surface area (Å²) >= 11 is 4.67. The van der Waals surface area contributed by atoms with Crippen LogP contribution >= 0.6 is 45.2 Å². The lowest BCUT2D eigenvalue weighted by molar-refractivity contribution is 0.0656. The van der Waals surface area contributed by atoms with Gasteiger partial charge in [-0.15, -0.1) is 0 Å². The summed E-state index contributed by atoms with van der Waals surface area (Å²) in [4.78, 5) is 15.0. The number of benzene rings is 2. The Kier molecular flexibility index (Phi) is 13.5. The molecule has 0 saturated heterocycles. The largest absolute Gasteiger partial charge is 0.496 e. The van der Waals surface area contributed by atoms with Crippen LogP contribution in [0.3, 0.4) is 0 Å². The molecule has 0 aliphatic carbocycles. The Labute approximate surface area is 236 Å². The van der Waals surface area contributed by atoms with E-state index < -0.39 is 0 Å². The average Bonchev–Trinajstić information content (AvgIpc) is 2.88. The first-order valence-electron chi connectivity index (χ1n) is 11.7. The van der Waals surface area contributed by atoms with Crippen molar-refractivity contribution in [2.24, 2.45) is 10.9 Å². The Morgan fingerprint density at radius 1 is 0.971 bits per heavy atom. The molecule has 0 spiro atoms. The van der Waals surface area contributed by atoms with Crippen molar-refractivity contribution < 1.29 is 19.0 Å². The summed E-state index contributed by atoms with van der Waals surface area (Å²) in [5.74, 6) is 7.49. The fourth-order valence-corrected chi connectivity index (χ4v) is 4.40. The summed E-state index contributed by atoms with van der Waals surface area (Å²) in [7, 11) is 1.60. The average molecular weight is 707 g/mol. The molecule has 7 nitrogen and oxygen atoms in total. The molecular weight excluding hydrogens is 672 g/mol. The summed E-state index contributed by atoms with van der Waals surface area (Å²) in [6.07, 6.45) is 4.38. The molecule has 0 fully saturated rings. The number of ether oxygens (including phenoxy) is 3. The van der Waals surface area contributed by atoms with Crippen LogP contribution in [0.1, 0.15) is 49.0 Å². The van der Waals surface area contributed by atoms with Gasteiger partial charge in [0.15, 0.2) is 0 Å². The third-order valence-corrected chi connectivity index (χ3v) is 8.03. The summed E-state index contributed by atoms with van der Waals surface area (Å²) in [6, 6.07) is 13.4. The van der Waals surface area contributed by atoms with Gasteiger partial charge in [-0.2, -0.15) is 5.10 Å². The van der Waals surface area contributed by atoms with Crippen molar-refractivity contribution in [2.75, 3.05) is 29.2 Å². The van der Waals surface area contributed by atoms with Gasteiger partial charge < -0.3 is 25.0 Å². The highest BCUT2D eigenvalue weighted by Crippen LogP contribution is 2.24. The highest BCUT2D eigenvalue weighted by molar-refractivity contribution is 14.1. The molecule has 35 heavy (non-hydrogen) atoms. The van der Waals surface area contributed by atoms with E-state index in [0.29, 0.717) is 24.5 Å². The molecule has 2 rings (SSSR count). The summed E-state index contributed by atoms with van der Waals surface area (Å²) < 4.78 is 18.8. The number of methoxy groups -OCH3 is 1. The van der Waals surface area contributed by atoms with Crippen molar-refractivity contribution in [1.29, 1.82) is 0 Å². The quantitative estimate of drug-likeness (QED) is 0.0641. The molecule has 0 aliphatic heterocycles. The summed E-state index contributed by atoms with van der Waals surface area (Å²) in [5.41, 5.74) is 1.50. The van der Waals surface area contributed by atoms with Gasteiger partial charge in [0.1, 0.15) is 17.2 Å². The standard InChI is InChI=1S/C26H35I2N3O4/c1-19(16-27)31(20(2)17-28)26(32)21-7-10-23(11-8-21)34-13-5-4-6-14-35-24-12-9-22(18-30-29)25(15-24)33-3/h7-12,15,18-20H,4-6,13-14,16-17,29H2,1-3H3. The highest BCUT2D eigenvalue weighted by atomic mass is 127. The molecule has 2 N–H and O–H groups in total. The highest BCUT2D eigenvalue weighted by Gasteiger charge is 2.25. The van der Waals surface area contributed by atoms with Crippen LogP contribution in [0.15, 0.2) is 47.6 Å². The van der Waals surface area contributed by atoms with Crippen LogP contribution in [0.25, 0.3) is 0 Å². The Morgan fingerprint density at radius 2 is 1.54 bits per heavy atom. The van der Waals surface area contributed by atoms with Gasteiger partial charge in [0.25, 0.3) is 5.91 Å². The zero-order chi connectivity index (χ0) is 25.6. The van der Waals surface area contributed by atoms with Crippen molar-refractivity contribution in [3.63, 3.8) is 0 Å². The number of hydrogen-bond acceptors (Lipinski definition) is 6. The van der Waals surface area contributed by atoms with Gasteiger partial charge in [0, 0.05) is 38.1 Å². The first-order valence-corrected chi connectivity index (χ1v) is 14.7. The van der Waals surface area contributed by atoms with Gasteiger partial charge in [-0.05, 0) is 69.5 Å². The summed E-state index contributed by atoms with van der Waals surface area (Å²) in [5, 5.41) is 3.53. The molecule has 1 amide bonds. The lowest BCUT2D eigenvalue weighted by Crippen LogP contribution is -2.46. The number of hydrazone groups is 1. The van der Waals surface area contributed by atoms with E-state index in [1.165, 1.54) is 0 Å². The molecule has 2 unspecified atom stereocenters. The van der Waals surface area contributed by atoms with Crippen LogP contribution in [0.5, 0.6) is 17.2 Å². The smallest absolute Gasteiger partial charge is 0.254 e. The lowest BCUT2D eigenvalue weighted by Gasteiger charge is -2.33. The van der Waals surface area contributed by atoms with E-state index in [1.807, 2.05) is 47.4 Å². The third kappa shape index (κ3) is 9.32. The third-order valence-electron chi connectivity index (χ3n) is 5.48. The molecule has 2 aromatic rings. The van der Waals surface area contributed by atoms with E-state index in [0.717, 1.165) is 45.2 Å². The van der Waals surface area contributed by atoms with Crippen molar-refractivity contribution in [3.05, 3.63) is 53.6 Å². The van der Waals surface area contributed by atoms with Gasteiger partial charge in [0.05, 0.1) is 26.5 Å². The Balaban J connectivity index is 1.73. The molecule has 2 aromatic carbocycles. The Hall–Kier alpha value is -1.76. The minimum absolute atomic E-state index is 0.0738. The number of halogens is 2. The Morgan fingerprint density at radius 3 is 2.09 bits per heavy atom.